The van der Waals surface area contributed by atoms with Crippen LogP contribution in [0.2, 0.25) is 0 Å². The molecule has 2 aromatic carbocycles. The molecule has 0 radical (unpaired) electrons. The molecule has 8 nitrogen and oxygen atoms in total. The van der Waals surface area contributed by atoms with Crippen LogP contribution in [0.5, 0.6) is 0 Å². The number of hydrogen-bond acceptors (Lipinski definition) is 6. The molecular formula is C25H29N3O5S2. The van der Waals surface area contributed by atoms with Crippen LogP contribution in [-0.2, 0) is 21.3 Å². The fourth-order valence-corrected chi connectivity index (χ4v) is 7.12. The average molecular weight is 516 g/mol. The van der Waals surface area contributed by atoms with Crippen LogP contribution in [0.1, 0.15) is 60.7 Å². The van der Waals surface area contributed by atoms with Crippen molar-refractivity contribution in [3.05, 3.63) is 58.4 Å². The quantitative estimate of drug-likeness (QED) is 0.458. The molecule has 1 saturated heterocycles. The summed E-state index contributed by atoms with van der Waals surface area (Å²) in [6, 6.07) is 11.2. The number of fused-ring (bicyclic) bond motifs is 1. The molecule has 3 aromatic rings. The van der Waals surface area contributed by atoms with Crippen molar-refractivity contribution in [2.75, 3.05) is 13.2 Å². The molecule has 186 valence electrons. The van der Waals surface area contributed by atoms with Gasteiger partial charge in [0, 0.05) is 24.7 Å². The molecule has 0 bridgehead atoms. The van der Waals surface area contributed by atoms with Crippen molar-refractivity contribution in [3.8, 4) is 0 Å². The van der Waals surface area contributed by atoms with E-state index < -0.39 is 21.9 Å². The number of piperidine rings is 1. The first-order valence-electron chi connectivity index (χ1n) is 11.8. The highest BCUT2D eigenvalue weighted by Crippen LogP contribution is 2.25. The Morgan fingerprint density at radius 1 is 1.09 bits per heavy atom. The lowest BCUT2D eigenvalue weighted by Gasteiger charge is -2.32. The molecule has 35 heavy (non-hydrogen) atoms. The molecule has 0 spiro atoms. The van der Waals surface area contributed by atoms with Gasteiger partial charge in [0.25, 0.3) is 5.91 Å². The van der Waals surface area contributed by atoms with Crippen molar-refractivity contribution < 1.29 is 22.7 Å². The topological polar surface area (TPSA) is 98.0 Å². The number of carbonyl (C=O) groups excluding carboxylic acids is 2. The number of benzene rings is 2. The fourth-order valence-electron chi connectivity index (χ4n) is 4.29. The van der Waals surface area contributed by atoms with Gasteiger partial charge in [-0.2, -0.15) is 9.30 Å². The average Bonchev–Trinajstić information content (AvgIpc) is 3.20. The fraction of sp³-hybridized carbons (Fsp3) is 0.400. The maximum Gasteiger partial charge on any atom is 0.338 e. The van der Waals surface area contributed by atoms with E-state index in [1.54, 1.807) is 23.4 Å². The zero-order chi connectivity index (χ0) is 25.2. The summed E-state index contributed by atoms with van der Waals surface area (Å²) in [6.07, 6.45) is 2.73. The molecule has 0 saturated carbocycles. The first-order chi connectivity index (χ1) is 16.8. The molecular weight excluding hydrogens is 486 g/mol. The number of esters is 1. The number of amides is 1. The first-order valence-corrected chi connectivity index (χ1v) is 14.0. The van der Waals surface area contributed by atoms with Crippen LogP contribution in [0.4, 0.5) is 0 Å². The van der Waals surface area contributed by atoms with Crippen LogP contribution < -0.4 is 4.80 Å². The molecule has 1 aliphatic heterocycles. The van der Waals surface area contributed by atoms with Gasteiger partial charge in [0.15, 0.2) is 4.80 Å². The molecule has 1 atom stereocenters. The van der Waals surface area contributed by atoms with Gasteiger partial charge in [-0.15, -0.1) is 0 Å². The van der Waals surface area contributed by atoms with Crippen LogP contribution >= 0.6 is 11.3 Å². The van der Waals surface area contributed by atoms with Gasteiger partial charge in [0.2, 0.25) is 10.0 Å². The lowest BCUT2D eigenvalue weighted by molar-refractivity contribution is 0.0526. The Kier molecular flexibility index (Phi) is 7.53. The highest BCUT2D eigenvalue weighted by molar-refractivity contribution is 7.89. The number of carbonyl (C=O) groups is 2. The second-order valence-electron chi connectivity index (χ2n) is 8.43. The Balaban J connectivity index is 1.63. The van der Waals surface area contributed by atoms with E-state index in [1.165, 1.54) is 35.6 Å². The Hall–Kier alpha value is -2.82. The lowest BCUT2D eigenvalue weighted by atomic mass is 10.1. The maximum absolute atomic E-state index is 13.1. The van der Waals surface area contributed by atoms with E-state index in [4.69, 9.17) is 4.74 Å². The van der Waals surface area contributed by atoms with Crippen molar-refractivity contribution >= 4 is 43.5 Å². The summed E-state index contributed by atoms with van der Waals surface area (Å²) in [4.78, 5) is 30.0. The summed E-state index contributed by atoms with van der Waals surface area (Å²) in [5.41, 5.74) is 1.62. The van der Waals surface area contributed by atoms with Crippen molar-refractivity contribution in [2.24, 2.45) is 4.99 Å². The standard InChI is InChI=1S/C25H29N3O5S2/c1-4-27-21-14-11-19(24(30)33-5-2)16-22(21)34-25(27)26-23(29)18-9-12-20(13-10-18)35(31,32)28-15-7-6-8-17(28)3/h9-14,16-17H,4-8,15H2,1-3H3. The third-order valence-corrected chi connectivity index (χ3v) is 9.23. The van der Waals surface area contributed by atoms with Crippen molar-refractivity contribution in [1.82, 2.24) is 8.87 Å². The van der Waals surface area contributed by atoms with Gasteiger partial charge in [-0.05, 0) is 76.1 Å². The molecule has 1 aromatic heterocycles. The minimum Gasteiger partial charge on any atom is -0.462 e. The van der Waals surface area contributed by atoms with E-state index in [1.807, 2.05) is 24.5 Å². The Morgan fingerprint density at radius 2 is 1.80 bits per heavy atom. The summed E-state index contributed by atoms with van der Waals surface area (Å²) < 4.78 is 35.5. The van der Waals surface area contributed by atoms with Gasteiger partial charge in [-0.3, -0.25) is 4.79 Å². The second kappa shape index (κ2) is 10.4. The van der Waals surface area contributed by atoms with E-state index in [2.05, 4.69) is 4.99 Å². The van der Waals surface area contributed by atoms with E-state index in [9.17, 15) is 18.0 Å². The summed E-state index contributed by atoms with van der Waals surface area (Å²) in [6.45, 7) is 7.04. The van der Waals surface area contributed by atoms with Gasteiger partial charge in [0.05, 0.1) is 27.3 Å². The van der Waals surface area contributed by atoms with E-state index >= 15 is 0 Å². The summed E-state index contributed by atoms with van der Waals surface area (Å²) in [7, 11) is -3.60. The smallest absolute Gasteiger partial charge is 0.338 e. The van der Waals surface area contributed by atoms with E-state index in [0.717, 1.165) is 29.5 Å². The molecule has 2 heterocycles. The number of ether oxygens (including phenoxy) is 1. The van der Waals surface area contributed by atoms with Gasteiger partial charge in [-0.1, -0.05) is 17.8 Å². The third kappa shape index (κ3) is 5.10. The predicted octanol–water partition coefficient (Wildman–Crippen LogP) is 4.20. The van der Waals surface area contributed by atoms with Gasteiger partial charge in [-0.25, -0.2) is 13.2 Å². The summed E-state index contributed by atoms with van der Waals surface area (Å²) in [5, 5.41) is 0. The second-order valence-corrected chi connectivity index (χ2v) is 11.3. The maximum atomic E-state index is 13.1. The van der Waals surface area contributed by atoms with Gasteiger partial charge in [0.1, 0.15) is 0 Å². The molecule has 1 amide bonds. The molecule has 0 aliphatic carbocycles. The van der Waals surface area contributed by atoms with Crippen LogP contribution in [0.3, 0.4) is 0 Å². The van der Waals surface area contributed by atoms with Gasteiger partial charge < -0.3 is 9.30 Å². The van der Waals surface area contributed by atoms with Crippen LogP contribution in [0.15, 0.2) is 52.4 Å². The number of hydrogen-bond donors (Lipinski definition) is 0. The zero-order valence-corrected chi connectivity index (χ0v) is 21.7. The molecule has 1 fully saturated rings. The number of thiazole rings is 1. The van der Waals surface area contributed by atoms with E-state index in [-0.39, 0.29) is 10.9 Å². The number of aryl methyl sites for hydroxylation is 1. The van der Waals surface area contributed by atoms with Crippen LogP contribution in [0, 0.1) is 0 Å². The lowest BCUT2D eigenvalue weighted by Crippen LogP contribution is -2.41. The predicted molar refractivity (Wildman–Crippen MR) is 135 cm³/mol. The Labute approximate surface area is 208 Å². The number of aromatic nitrogens is 1. The van der Waals surface area contributed by atoms with Crippen LogP contribution in [-0.4, -0.2) is 48.4 Å². The molecule has 10 heteroatoms. The van der Waals surface area contributed by atoms with E-state index in [0.29, 0.717) is 35.6 Å². The molecule has 1 aliphatic rings. The Morgan fingerprint density at radius 3 is 2.46 bits per heavy atom. The minimum atomic E-state index is -3.60. The number of rotatable bonds is 6. The largest absolute Gasteiger partial charge is 0.462 e. The molecule has 1 unspecified atom stereocenters. The van der Waals surface area contributed by atoms with Crippen LogP contribution in [0.25, 0.3) is 10.2 Å². The van der Waals surface area contributed by atoms with Gasteiger partial charge >= 0.3 is 5.97 Å². The van der Waals surface area contributed by atoms with Crippen molar-refractivity contribution in [3.63, 3.8) is 0 Å². The zero-order valence-electron chi connectivity index (χ0n) is 20.1. The Bertz CT molecular complexity index is 1420. The highest BCUT2D eigenvalue weighted by atomic mass is 32.2. The minimum absolute atomic E-state index is 0.0353. The molecule has 4 rings (SSSR count). The highest BCUT2D eigenvalue weighted by Gasteiger charge is 2.30. The summed E-state index contributed by atoms with van der Waals surface area (Å²) in [5.74, 6) is -0.853. The molecule has 0 N–H and O–H groups in total. The third-order valence-electron chi connectivity index (χ3n) is 6.16. The SMILES string of the molecule is CCOC(=O)c1ccc2c(c1)sc(=NC(=O)c1ccc(S(=O)(=O)N3CCCCC3C)cc1)n2CC. The first kappa shape index (κ1) is 25.3. The van der Waals surface area contributed by atoms with Crippen molar-refractivity contribution in [2.45, 2.75) is 57.5 Å². The number of nitrogens with zero attached hydrogens (tertiary/aromatic N) is 3. The number of sulfonamides is 1. The van der Waals surface area contributed by atoms with Crippen molar-refractivity contribution in [1.29, 1.82) is 0 Å². The normalized spacial score (nSPS) is 17.6. The monoisotopic (exact) mass is 515 g/mol. The summed E-state index contributed by atoms with van der Waals surface area (Å²) >= 11 is 1.31.